The molecule has 0 spiro atoms. The maximum Gasteiger partial charge on any atom is 0.309 e. The number of esters is 1. The summed E-state index contributed by atoms with van der Waals surface area (Å²) in [5.41, 5.74) is 3.90. The van der Waals surface area contributed by atoms with Gasteiger partial charge in [-0.25, -0.2) is 0 Å². The maximum absolute atomic E-state index is 14.8. The molecule has 6 rings (SSSR count). The molecule has 472 valence electrons. The second-order valence-corrected chi connectivity index (χ2v) is 31.7. The van der Waals surface area contributed by atoms with Gasteiger partial charge in [0.2, 0.25) is 5.91 Å². The van der Waals surface area contributed by atoms with E-state index < -0.39 is 90.6 Å². The van der Waals surface area contributed by atoms with Crippen LogP contribution in [0.1, 0.15) is 193 Å². The first kappa shape index (κ1) is 69.8. The van der Waals surface area contributed by atoms with Crippen molar-refractivity contribution in [3.63, 3.8) is 0 Å². The van der Waals surface area contributed by atoms with Crippen LogP contribution in [0.5, 0.6) is 0 Å². The summed E-state index contributed by atoms with van der Waals surface area (Å²) in [5, 5.41) is 41.4. The van der Waals surface area contributed by atoms with Gasteiger partial charge in [-0.2, -0.15) is 0 Å². The molecule has 3 aromatic carbocycles. The van der Waals surface area contributed by atoms with E-state index in [0.717, 1.165) is 57.5 Å². The number of methoxy groups -OCH3 is 1. The fraction of sp³-hybridized carbons (Fsp3) is 0.718. The van der Waals surface area contributed by atoms with Crippen LogP contribution >= 0.6 is 7.26 Å². The molecule has 0 saturated carbocycles. The third kappa shape index (κ3) is 17.3. The van der Waals surface area contributed by atoms with E-state index in [2.05, 4.69) is 122 Å². The molecule has 0 radical (unpaired) electrons. The Kier molecular flexibility index (Phi) is 24.8. The predicted octanol–water partition coefficient (Wildman–Crippen LogP) is 12.1. The van der Waals surface area contributed by atoms with Gasteiger partial charge in [0.25, 0.3) is 0 Å². The predicted molar refractivity (Wildman–Crippen MR) is 344 cm³/mol. The Morgan fingerprint density at radius 3 is 1.69 bits per heavy atom. The lowest BCUT2D eigenvalue weighted by atomic mass is 9.68. The molecule has 0 aliphatic carbocycles. The average molecular weight is 1190 g/mol. The molecule has 3 N–H and O–H groups in total. The van der Waals surface area contributed by atoms with Gasteiger partial charge in [0, 0.05) is 50.9 Å². The number of unbranched alkanes of at least 4 members (excludes halogenated alkanes) is 6. The number of hydrogen-bond donors (Lipinski definition) is 3. The highest BCUT2D eigenvalue weighted by molar-refractivity contribution is 7.95. The molecule has 3 aromatic rings. The van der Waals surface area contributed by atoms with Crippen LogP contribution in [0.15, 0.2) is 54.6 Å². The fourth-order valence-corrected chi connectivity index (χ4v) is 20.3. The Bertz CT molecular complexity index is 2440. The normalized spacial score (nSPS) is 33.3. The molecule has 3 fully saturated rings. The second-order valence-electron chi connectivity index (χ2n) is 28.0. The molecule has 13 heteroatoms. The SMILES string of the molecule is CC[C@H]1OC(=O)[C@H](C)[C@@H](C2C[C@@](C)(OC)[C@@H](O)[C@H](C)O2)[C@H](C)[C@@H](O[C@H]2C[C@@H](N(C)C)C[C@@H](C)O2)[C@](C)(O)C[C@@H](C)CN(C(=O)CCCCCCCCC[P+](c2cc(C)cc(C)c2)(c2cc(C)cc(C)c2)c2cc(C)cc(C)c2)[C@H](C)C[C@]1(C)O. The minimum Gasteiger partial charge on any atom is -0.459 e. The number of amides is 1. The molecule has 0 bridgehead atoms. The van der Waals surface area contributed by atoms with Crippen molar-refractivity contribution in [1.82, 2.24) is 9.80 Å². The standard InChI is InChI=1S/C71H114N2O10P/c1-20-62-69(14,77)42-52(9)73(63(74)28-26-24-22-21-23-25-27-29-84(58-33-45(2)30-46(3)34-58,59-35-47(4)31-48(5)36-59)60-37-49(6)32-50(7)38-60)44-51(8)41-70(15,78)67(83-64-40-57(72(17)18)39-53(10)80-64)54(11)65(55(12)68(76)82-62)61-43-71(16,79-19)66(75)56(13)81-61/h30-38,51-57,61-62,64-67,75,77-78H,20-29,39-44H2,1-19H3/q+1/t51-,52-,53-,54+,55-,56+,57+,61?,62-,64+,65+,66+,67-,69+,70-,71-/m1/s1. The zero-order chi connectivity index (χ0) is 62.2. The first-order chi connectivity index (χ1) is 39.3. The summed E-state index contributed by atoms with van der Waals surface area (Å²) < 4.78 is 32.8. The third-order valence-corrected chi connectivity index (χ3v) is 24.0. The van der Waals surface area contributed by atoms with Crippen molar-refractivity contribution in [1.29, 1.82) is 0 Å². The van der Waals surface area contributed by atoms with Crippen molar-refractivity contribution >= 4 is 35.1 Å². The van der Waals surface area contributed by atoms with Gasteiger partial charge in [-0.05, 0) is 224 Å². The van der Waals surface area contributed by atoms with Crippen molar-refractivity contribution in [3.8, 4) is 0 Å². The lowest BCUT2D eigenvalue weighted by molar-refractivity contribution is -0.275. The Morgan fingerprint density at radius 2 is 1.20 bits per heavy atom. The zero-order valence-corrected chi connectivity index (χ0v) is 56.5. The number of carbonyl (C=O) groups is 2. The molecule has 0 aromatic heterocycles. The van der Waals surface area contributed by atoms with Gasteiger partial charge in [0.05, 0.1) is 47.7 Å². The molecule has 3 saturated heterocycles. The van der Waals surface area contributed by atoms with Gasteiger partial charge < -0.3 is 48.8 Å². The molecular weight excluding hydrogens is 1070 g/mol. The smallest absolute Gasteiger partial charge is 0.309 e. The number of ether oxygens (including phenoxy) is 5. The number of aryl methyl sites for hydroxylation is 6. The molecule has 1 amide bonds. The van der Waals surface area contributed by atoms with Gasteiger partial charge in [-0.3, -0.25) is 9.59 Å². The average Bonchev–Trinajstić information content (AvgIpc) is 1.90. The molecule has 3 aliphatic heterocycles. The van der Waals surface area contributed by atoms with Crippen LogP contribution in [0.25, 0.3) is 0 Å². The van der Waals surface area contributed by atoms with Crippen LogP contribution in [-0.4, -0.2) is 143 Å². The molecule has 1 unspecified atom stereocenters. The number of aliphatic hydroxyl groups excluding tert-OH is 1. The lowest BCUT2D eigenvalue weighted by Gasteiger charge is -2.51. The monoisotopic (exact) mass is 1190 g/mol. The largest absolute Gasteiger partial charge is 0.459 e. The van der Waals surface area contributed by atoms with Crippen molar-refractivity contribution < 1.29 is 48.6 Å². The minimum absolute atomic E-state index is 0.0183. The number of nitrogens with zero attached hydrogens (tertiary/aromatic N) is 2. The van der Waals surface area contributed by atoms with Gasteiger partial charge >= 0.3 is 5.97 Å². The first-order valence-corrected chi connectivity index (χ1v) is 34.3. The van der Waals surface area contributed by atoms with E-state index in [9.17, 15) is 24.9 Å². The number of benzene rings is 3. The highest BCUT2D eigenvalue weighted by Gasteiger charge is 2.54. The van der Waals surface area contributed by atoms with Gasteiger partial charge in [-0.1, -0.05) is 71.6 Å². The summed E-state index contributed by atoms with van der Waals surface area (Å²) >= 11 is 0. The zero-order valence-electron chi connectivity index (χ0n) is 55.6. The highest BCUT2D eigenvalue weighted by Crippen LogP contribution is 2.57. The van der Waals surface area contributed by atoms with Crippen molar-refractivity contribution in [3.05, 3.63) is 88.0 Å². The topological polar surface area (TPSA) is 147 Å². The Morgan fingerprint density at radius 1 is 0.702 bits per heavy atom. The third-order valence-electron chi connectivity index (χ3n) is 19.6. The van der Waals surface area contributed by atoms with E-state index in [1.807, 2.05) is 60.3 Å². The summed E-state index contributed by atoms with van der Waals surface area (Å²) in [6.07, 6.45) is 6.58. The molecule has 84 heavy (non-hydrogen) atoms. The van der Waals surface area contributed by atoms with E-state index in [4.69, 9.17) is 23.7 Å². The molecule has 12 nitrogen and oxygen atoms in total. The summed E-state index contributed by atoms with van der Waals surface area (Å²) in [7, 11) is 3.69. The lowest BCUT2D eigenvalue weighted by Crippen LogP contribution is -2.60. The Balaban J connectivity index is 1.20. The van der Waals surface area contributed by atoms with E-state index in [1.54, 1.807) is 14.0 Å². The van der Waals surface area contributed by atoms with Gasteiger partial charge in [-0.15, -0.1) is 0 Å². The quantitative estimate of drug-likeness (QED) is 0.0599. The van der Waals surface area contributed by atoms with Gasteiger partial charge in [0.15, 0.2) is 6.29 Å². The number of hydrogen-bond acceptors (Lipinski definition) is 11. The van der Waals surface area contributed by atoms with E-state index in [-0.39, 0.29) is 43.2 Å². The van der Waals surface area contributed by atoms with Gasteiger partial charge in [0.1, 0.15) is 41.0 Å². The Hall–Kier alpha value is -3.29. The molecule has 3 heterocycles. The summed E-state index contributed by atoms with van der Waals surface area (Å²) in [4.78, 5) is 33.7. The summed E-state index contributed by atoms with van der Waals surface area (Å²) in [5.74, 6) is -2.61. The molecular formula is C71H114N2O10P+. The van der Waals surface area contributed by atoms with Crippen LogP contribution in [0.3, 0.4) is 0 Å². The number of aliphatic hydroxyl groups is 3. The first-order valence-electron chi connectivity index (χ1n) is 32.3. The highest BCUT2D eigenvalue weighted by atomic mass is 31.2. The van der Waals surface area contributed by atoms with Crippen molar-refractivity contribution in [2.24, 2.45) is 23.7 Å². The van der Waals surface area contributed by atoms with Crippen LogP contribution in [-0.2, 0) is 33.3 Å². The molecule has 3 aliphatic rings. The van der Waals surface area contributed by atoms with E-state index in [0.29, 0.717) is 25.8 Å². The van der Waals surface area contributed by atoms with E-state index in [1.165, 1.54) is 49.3 Å². The Labute approximate surface area is 509 Å². The molecule has 16 atom stereocenters. The second kappa shape index (κ2) is 29.8. The maximum atomic E-state index is 14.8. The summed E-state index contributed by atoms with van der Waals surface area (Å²) in [6.45, 7) is 32.9. The number of rotatable bonds is 19. The van der Waals surface area contributed by atoms with Crippen molar-refractivity contribution in [2.45, 2.75) is 272 Å². The number of cyclic esters (lactones) is 1. The van der Waals surface area contributed by atoms with E-state index >= 15 is 0 Å². The fourth-order valence-electron chi connectivity index (χ4n) is 15.4. The van der Waals surface area contributed by atoms with Crippen LogP contribution in [0, 0.1) is 65.2 Å². The number of carbonyl (C=O) groups excluding carboxylic acids is 2. The van der Waals surface area contributed by atoms with Crippen LogP contribution in [0.2, 0.25) is 0 Å². The minimum atomic E-state index is -2.02. The van der Waals surface area contributed by atoms with Crippen molar-refractivity contribution in [2.75, 3.05) is 33.9 Å². The summed E-state index contributed by atoms with van der Waals surface area (Å²) in [6, 6.07) is 21.4. The van der Waals surface area contributed by atoms with Crippen LogP contribution < -0.4 is 15.9 Å². The van der Waals surface area contributed by atoms with Crippen LogP contribution in [0.4, 0.5) is 0 Å².